The number of benzene rings is 1. The van der Waals surface area contributed by atoms with Crippen molar-refractivity contribution >= 4 is 22.5 Å². The quantitative estimate of drug-likeness (QED) is 0.571. The number of nitrogens with one attached hydrogen (secondary N) is 1. The summed E-state index contributed by atoms with van der Waals surface area (Å²) in [5, 5.41) is 6.79. The number of rotatable bonds is 3. The van der Waals surface area contributed by atoms with Gasteiger partial charge in [-0.05, 0) is 12.1 Å². The Balaban J connectivity index is 2.06. The molecule has 0 amide bonds. The first-order chi connectivity index (χ1) is 12.8. The molecule has 27 heavy (non-hydrogen) atoms. The van der Waals surface area contributed by atoms with Crippen LogP contribution in [0.1, 0.15) is 5.82 Å². The molecule has 0 radical (unpaired) electrons. The lowest BCUT2D eigenvalue weighted by Gasteiger charge is -2.05. The summed E-state index contributed by atoms with van der Waals surface area (Å²) in [5.74, 6) is -0.830. The standard InChI is InChI=1S/C16H12ClF3N6O/c1-25-10-6-9(17)11(27-2)5-8(10)12(26-4-3-21-7-26)13(25)14-22-15(24-23-14)16(18,19)20/h3-7H,1-2H3,(H,22,23,24). The van der Waals surface area contributed by atoms with Crippen LogP contribution in [-0.2, 0) is 13.2 Å². The Morgan fingerprint density at radius 2 is 2.04 bits per heavy atom. The Kier molecular flexibility index (Phi) is 3.88. The number of H-pyrrole nitrogens is 1. The molecule has 0 aliphatic heterocycles. The molecule has 140 valence electrons. The van der Waals surface area contributed by atoms with Crippen molar-refractivity contribution in [2.45, 2.75) is 6.18 Å². The third-order valence-electron chi connectivity index (χ3n) is 4.17. The molecular formula is C16H12ClF3N6O. The van der Waals surface area contributed by atoms with E-state index in [1.54, 1.807) is 40.7 Å². The zero-order valence-corrected chi connectivity index (χ0v) is 14.8. The number of aromatic nitrogens is 6. The van der Waals surface area contributed by atoms with Crippen molar-refractivity contribution in [3.63, 3.8) is 0 Å². The van der Waals surface area contributed by atoms with E-state index in [1.165, 1.54) is 13.4 Å². The molecule has 0 saturated heterocycles. The van der Waals surface area contributed by atoms with E-state index < -0.39 is 12.0 Å². The smallest absolute Gasteiger partial charge is 0.451 e. The number of imidazole rings is 1. The summed E-state index contributed by atoms with van der Waals surface area (Å²) >= 11 is 6.23. The number of hydrogen-bond acceptors (Lipinski definition) is 4. The van der Waals surface area contributed by atoms with Gasteiger partial charge >= 0.3 is 6.18 Å². The lowest BCUT2D eigenvalue weighted by molar-refractivity contribution is -0.144. The van der Waals surface area contributed by atoms with Crippen LogP contribution in [0.4, 0.5) is 13.2 Å². The second-order valence-electron chi connectivity index (χ2n) is 5.74. The van der Waals surface area contributed by atoms with E-state index in [2.05, 4.69) is 15.1 Å². The van der Waals surface area contributed by atoms with E-state index in [9.17, 15) is 13.2 Å². The highest BCUT2D eigenvalue weighted by molar-refractivity contribution is 6.33. The van der Waals surface area contributed by atoms with Crippen LogP contribution >= 0.6 is 11.6 Å². The first-order valence-electron chi connectivity index (χ1n) is 7.65. The van der Waals surface area contributed by atoms with E-state index in [1.807, 2.05) is 5.10 Å². The highest BCUT2D eigenvalue weighted by Crippen LogP contribution is 2.39. The number of aryl methyl sites for hydroxylation is 1. The van der Waals surface area contributed by atoms with Gasteiger partial charge in [0.05, 0.1) is 29.7 Å². The molecule has 0 fully saturated rings. The minimum Gasteiger partial charge on any atom is -0.495 e. The Hall–Kier alpha value is -3.01. The molecule has 3 heterocycles. The highest BCUT2D eigenvalue weighted by Gasteiger charge is 2.36. The molecule has 0 aliphatic rings. The van der Waals surface area contributed by atoms with Crippen LogP contribution in [0.15, 0.2) is 30.9 Å². The number of fused-ring (bicyclic) bond motifs is 1. The number of alkyl halides is 3. The molecule has 0 saturated carbocycles. The molecule has 7 nitrogen and oxygen atoms in total. The minimum absolute atomic E-state index is 0.0974. The predicted octanol–water partition coefficient (Wildman–Crippen LogP) is 3.83. The van der Waals surface area contributed by atoms with Crippen molar-refractivity contribution in [3.05, 3.63) is 41.7 Å². The monoisotopic (exact) mass is 396 g/mol. The topological polar surface area (TPSA) is 73.6 Å². The predicted molar refractivity (Wildman–Crippen MR) is 92.0 cm³/mol. The molecule has 0 bridgehead atoms. The number of nitrogens with zero attached hydrogens (tertiary/aromatic N) is 5. The van der Waals surface area contributed by atoms with Gasteiger partial charge in [0, 0.05) is 24.8 Å². The fourth-order valence-electron chi connectivity index (χ4n) is 2.98. The van der Waals surface area contributed by atoms with Gasteiger partial charge in [-0.2, -0.15) is 18.3 Å². The molecule has 1 N–H and O–H groups in total. The van der Waals surface area contributed by atoms with E-state index in [0.717, 1.165) is 0 Å². The van der Waals surface area contributed by atoms with Crippen molar-refractivity contribution in [2.75, 3.05) is 7.11 Å². The summed E-state index contributed by atoms with van der Waals surface area (Å²) in [6.45, 7) is 0. The summed E-state index contributed by atoms with van der Waals surface area (Å²) in [5.41, 5.74) is 1.62. The van der Waals surface area contributed by atoms with Crippen LogP contribution in [0.3, 0.4) is 0 Å². The molecule has 0 aliphatic carbocycles. The van der Waals surface area contributed by atoms with Gasteiger partial charge < -0.3 is 13.9 Å². The highest BCUT2D eigenvalue weighted by atomic mass is 35.5. The van der Waals surface area contributed by atoms with E-state index in [4.69, 9.17) is 16.3 Å². The average Bonchev–Trinajstić information content (AvgIpc) is 3.33. The maximum absolute atomic E-state index is 13.0. The zero-order valence-electron chi connectivity index (χ0n) is 14.0. The summed E-state index contributed by atoms with van der Waals surface area (Å²) in [6.07, 6.45) is 0.153. The third-order valence-corrected chi connectivity index (χ3v) is 4.47. The van der Waals surface area contributed by atoms with Gasteiger partial charge in [0.2, 0.25) is 5.82 Å². The summed E-state index contributed by atoms with van der Waals surface area (Å²) in [4.78, 5) is 7.65. The number of hydrogen-bond donors (Lipinski definition) is 1. The lowest BCUT2D eigenvalue weighted by atomic mass is 10.2. The van der Waals surface area contributed by atoms with Gasteiger partial charge in [0.15, 0.2) is 5.82 Å². The van der Waals surface area contributed by atoms with Gasteiger partial charge in [-0.1, -0.05) is 11.6 Å². The second-order valence-corrected chi connectivity index (χ2v) is 6.14. The number of halogens is 4. The Labute approximate surface area is 155 Å². The SMILES string of the molecule is COc1cc2c(-n3ccnc3)c(-c3n[nH]c(C(F)(F)F)n3)n(C)c2cc1Cl. The molecule has 0 spiro atoms. The zero-order chi connectivity index (χ0) is 19.3. The van der Waals surface area contributed by atoms with Crippen molar-refractivity contribution < 1.29 is 17.9 Å². The fourth-order valence-corrected chi connectivity index (χ4v) is 3.21. The van der Waals surface area contributed by atoms with Crippen molar-refractivity contribution in [3.8, 4) is 23.0 Å². The molecular weight excluding hydrogens is 385 g/mol. The van der Waals surface area contributed by atoms with Gasteiger partial charge in [0.25, 0.3) is 0 Å². The number of ether oxygens (including phenoxy) is 1. The van der Waals surface area contributed by atoms with Gasteiger partial charge in [-0.25, -0.2) is 9.97 Å². The van der Waals surface area contributed by atoms with Crippen molar-refractivity contribution in [2.24, 2.45) is 7.05 Å². The molecule has 3 aromatic heterocycles. The van der Waals surface area contributed by atoms with Gasteiger partial charge in [-0.15, -0.1) is 0 Å². The molecule has 0 atom stereocenters. The van der Waals surface area contributed by atoms with Crippen LogP contribution in [0.25, 0.3) is 28.1 Å². The van der Waals surface area contributed by atoms with E-state index in [0.29, 0.717) is 33.1 Å². The number of methoxy groups -OCH3 is 1. The molecule has 11 heteroatoms. The van der Waals surface area contributed by atoms with E-state index >= 15 is 0 Å². The number of aromatic amines is 1. The Morgan fingerprint density at radius 1 is 1.26 bits per heavy atom. The van der Waals surface area contributed by atoms with Crippen LogP contribution in [0.5, 0.6) is 5.75 Å². The van der Waals surface area contributed by atoms with Crippen LogP contribution in [0, 0.1) is 0 Å². The maximum Gasteiger partial charge on any atom is 0.451 e. The third kappa shape index (κ3) is 2.72. The van der Waals surface area contributed by atoms with E-state index in [-0.39, 0.29) is 5.82 Å². The van der Waals surface area contributed by atoms with Gasteiger partial charge in [-0.3, -0.25) is 5.10 Å². The van der Waals surface area contributed by atoms with Crippen LogP contribution in [-0.4, -0.2) is 36.4 Å². The molecule has 0 unspecified atom stereocenters. The average molecular weight is 397 g/mol. The van der Waals surface area contributed by atoms with Crippen molar-refractivity contribution in [1.82, 2.24) is 29.3 Å². The molecule has 4 rings (SSSR count). The molecule has 4 aromatic rings. The fraction of sp³-hybridized carbons (Fsp3) is 0.188. The summed E-state index contributed by atoms with van der Waals surface area (Å²) in [7, 11) is 3.18. The first kappa shape index (κ1) is 17.4. The Bertz CT molecular complexity index is 1130. The summed E-state index contributed by atoms with van der Waals surface area (Å²) in [6, 6.07) is 3.39. The normalized spacial score (nSPS) is 12.1. The lowest BCUT2D eigenvalue weighted by Crippen LogP contribution is -2.07. The molecule has 1 aromatic carbocycles. The van der Waals surface area contributed by atoms with Gasteiger partial charge in [0.1, 0.15) is 11.4 Å². The first-order valence-corrected chi connectivity index (χ1v) is 8.03. The minimum atomic E-state index is -4.63. The van der Waals surface area contributed by atoms with Crippen molar-refractivity contribution in [1.29, 1.82) is 0 Å². The largest absolute Gasteiger partial charge is 0.495 e. The maximum atomic E-state index is 13.0. The van der Waals surface area contributed by atoms with Crippen LogP contribution in [0.2, 0.25) is 5.02 Å². The summed E-state index contributed by atoms with van der Waals surface area (Å²) < 4.78 is 47.5. The second kappa shape index (κ2) is 6.02. The Morgan fingerprint density at radius 3 is 2.63 bits per heavy atom. The van der Waals surface area contributed by atoms with Crippen LogP contribution < -0.4 is 4.74 Å².